The van der Waals surface area contributed by atoms with E-state index in [4.69, 9.17) is 0 Å². The predicted octanol–water partition coefficient (Wildman–Crippen LogP) is -1.64. The van der Waals surface area contributed by atoms with Gasteiger partial charge in [-0.1, -0.05) is 5.57 Å². The molecule has 1 fully saturated rings. The third kappa shape index (κ3) is 2.66. The van der Waals surface area contributed by atoms with E-state index in [0.29, 0.717) is 0 Å². The Morgan fingerprint density at radius 2 is 2.17 bits per heavy atom. The highest BCUT2D eigenvalue weighted by Crippen LogP contribution is 2.06. The fourth-order valence-corrected chi connectivity index (χ4v) is 1.59. The van der Waals surface area contributed by atoms with Crippen molar-refractivity contribution < 1.29 is 14.8 Å². The van der Waals surface area contributed by atoms with Crippen LogP contribution in [0.2, 0.25) is 0 Å². The van der Waals surface area contributed by atoms with E-state index in [1.165, 1.54) is 6.08 Å². The van der Waals surface area contributed by atoms with Crippen molar-refractivity contribution >= 4 is 5.97 Å². The molecule has 0 saturated carbocycles. The minimum absolute atomic E-state index is 0.914. The van der Waals surface area contributed by atoms with E-state index in [2.05, 4.69) is 6.92 Å². The lowest BCUT2D eigenvalue weighted by Crippen LogP contribution is -3.12. The van der Waals surface area contributed by atoms with Gasteiger partial charge in [0, 0.05) is 12.8 Å². The molecule has 1 aliphatic rings. The number of aliphatic carboxylic acids is 1. The molecule has 1 heterocycles. The van der Waals surface area contributed by atoms with Crippen molar-refractivity contribution in [2.24, 2.45) is 0 Å². The summed E-state index contributed by atoms with van der Waals surface area (Å²) in [6.07, 6.45) is 3.08. The third-order valence-electron chi connectivity index (χ3n) is 2.42. The molecule has 3 nitrogen and oxygen atoms in total. The van der Waals surface area contributed by atoms with E-state index in [0.717, 1.165) is 38.0 Å². The molecule has 1 aliphatic heterocycles. The smallest absolute Gasteiger partial charge is 0.0808 e. The van der Waals surface area contributed by atoms with E-state index in [9.17, 15) is 9.90 Å². The minimum Gasteiger partial charge on any atom is -0.545 e. The zero-order chi connectivity index (χ0) is 8.97. The van der Waals surface area contributed by atoms with Crippen LogP contribution in [0, 0.1) is 0 Å². The Balaban J connectivity index is 2.40. The zero-order valence-corrected chi connectivity index (χ0v) is 7.43. The number of nitrogens with one attached hydrogen (secondary N) is 1. The van der Waals surface area contributed by atoms with E-state index < -0.39 is 5.97 Å². The van der Waals surface area contributed by atoms with Gasteiger partial charge >= 0.3 is 0 Å². The van der Waals surface area contributed by atoms with Crippen molar-refractivity contribution in [1.82, 2.24) is 0 Å². The molecule has 1 saturated heterocycles. The second kappa shape index (κ2) is 4.26. The predicted molar refractivity (Wildman–Crippen MR) is 43.6 cm³/mol. The largest absolute Gasteiger partial charge is 0.545 e. The van der Waals surface area contributed by atoms with Gasteiger partial charge in [0.05, 0.1) is 25.6 Å². The topological polar surface area (TPSA) is 44.6 Å². The fraction of sp³-hybridized carbons (Fsp3) is 0.667. The van der Waals surface area contributed by atoms with Crippen LogP contribution in [-0.2, 0) is 4.79 Å². The van der Waals surface area contributed by atoms with E-state index in [-0.39, 0.29) is 0 Å². The molecule has 0 spiro atoms. The summed E-state index contributed by atoms with van der Waals surface area (Å²) in [6, 6.07) is 0. The van der Waals surface area contributed by atoms with Gasteiger partial charge in [-0.25, -0.2) is 0 Å². The summed E-state index contributed by atoms with van der Waals surface area (Å²) >= 11 is 0. The van der Waals surface area contributed by atoms with Crippen LogP contribution >= 0.6 is 0 Å². The van der Waals surface area contributed by atoms with Gasteiger partial charge in [-0.2, -0.15) is 0 Å². The van der Waals surface area contributed by atoms with Gasteiger partial charge in [-0.15, -0.1) is 0 Å². The van der Waals surface area contributed by atoms with Crippen LogP contribution in [0.1, 0.15) is 19.8 Å². The van der Waals surface area contributed by atoms with Gasteiger partial charge in [0.1, 0.15) is 0 Å². The van der Waals surface area contributed by atoms with Gasteiger partial charge in [-0.05, 0) is 13.0 Å². The van der Waals surface area contributed by atoms with Crippen LogP contribution in [0.25, 0.3) is 0 Å². The summed E-state index contributed by atoms with van der Waals surface area (Å²) in [5.41, 5.74) is 1.03. The number of likely N-dealkylation sites (tertiary alicyclic amines) is 1. The van der Waals surface area contributed by atoms with Crippen molar-refractivity contribution in [1.29, 1.82) is 0 Å². The lowest BCUT2D eigenvalue weighted by molar-refractivity contribution is -0.900. The maximum atomic E-state index is 10.2. The number of carbonyl (C=O) groups excluding carboxylic acids is 1. The molecule has 12 heavy (non-hydrogen) atoms. The van der Waals surface area contributed by atoms with Crippen molar-refractivity contribution in [3.8, 4) is 0 Å². The second-order valence-electron chi connectivity index (χ2n) is 3.23. The Morgan fingerprint density at radius 3 is 2.58 bits per heavy atom. The van der Waals surface area contributed by atoms with Crippen molar-refractivity contribution in [3.05, 3.63) is 11.6 Å². The molecule has 3 heteroatoms. The van der Waals surface area contributed by atoms with Gasteiger partial charge in [-0.3, -0.25) is 0 Å². The van der Waals surface area contributed by atoms with E-state index in [1.807, 2.05) is 0 Å². The van der Waals surface area contributed by atoms with Crippen LogP contribution in [0.3, 0.4) is 0 Å². The SMILES string of the molecule is CC[NH+]1CCC(=CC(=O)[O-])CC1. The molecule has 0 radical (unpaired) electrons. The quantitative estimate of drug-likeness (QED) is 0.504. The van der Waals surface area contributed by atoms with Gasteiger partial charge in [0.2, 0.25) is 0 Å². The Labute approximate surface area is 72.7 Å². The maximum absolute atomic E-state index is 10.2. The molecule has 0 aromatic heterocycles. The van der Waals surface area contributed by atoms with Gasteiger partial charge < -0.3 is 14.8 Å². The lowest BCUT2D eigenvalue weighted by Gasteiger charge is -2.24. The normalized spacial score (nSPS) is 23.8. The summed E-state index contributed by atoms with van der Waals surface area (Å²) in [7, 11) is 0. The average Bonchev–Trinajstić information content (AvgIpc) is 2.05. The molecular formula is C9H15NO2. The van der Waals surface area contributed by atoms with Gasteiger partial charge in [0.25, 0.3) is 0 Å². The van der Waals surface area contributed by atoms with Gasteiger partial charge in [0.15, 0.2) is 0 Å². The number of rotatable bonds is 2. The first-order valence-electron chi connectivity index (χ1n) is 4.46. The number of carboxylic acid groups (broad SMARTS) is 1. The Bertz CT molecular complexity index is 189. The molecule has 68 valence electrons. The molecule has 0 aliphatic carbocycles. The molecule has 1 rings (SSSR count). The summed E-state index contributed by atoms with van der Waals surface area (Å²) in [5, 5.41) is 10.2. The lowest BCUT2D eigenvalue weighted by atomic mass is 10.0. The number of carbonyl (C=O) groups is 1. The highest BCUT2D eigenvalue weighted by atomic mass is 16.4. The maximum Gasteiger partial charge on any atom is 0.0808 e. The Kier molecular flexibility index (Phi) is 3.29. The number of carboxylic acids is 1. The van der Waals surface area contributed by atoms with Crippen molar-refractivity contribution in [2.75, 3.05) is 19.6 Å². The average molecular weight is 169 g/mol. The first-order valence-corrected chi connectivity index (χ1v) is 4.46. The number of hydrogen-bond acceptors (Lipinski definition) is 2. The first kappa shape index (κ1) is 9.26. The molecule has 0 aromatic rings. The Morgan fingerprint density at radius 1 is 1.58 bits per heavy atom. The Hall–Kier alpha value is -0.830. The molecular weight excluding hydrogens is 154 g/mol. The summed E-state index contributed by atoms with van der Waals surface area (Å²) in [4.78, 5) is 11.8. The first-order chi connectivity index (χ1) is 5.72. The van der Waals surface area contributed by atoms with Crippen molar-refractivity contribution in [2.45, 2.75) is 19.8 Å². The van der Waals surface area contributed by atoms with E-state index in [1.54, 1.807) is 4.90 Å². The molecule has 0 amide bonds. The molecule has 0 unspecified atom stereocenters. The standard InChI is InChI=1S/C9H15NO2/c1-2-10-5-3-8(4-6-10)7-9(11)12/h7H,2-6H2,1H3,(H,11,12). The minimum atomic E-state index is -1.05. The van der Waals surface area contributed by atoms with Crippen LogP contribution in [-0.4, -0.2) is 25.6 Å². The van der Waals surface area contributed by atoms with Crippen LogP contribution in [0.15, 0.2) is 11.6 Å². The molecule has 0 atom stereocenters. The van der Waals surface area contributed by atoms with Crippen molar-refractivity contribution in [3.63, 3.8) is 0 Å². The highest BCUT2D eigenvalue weighted by molar-refractivity contribution is 5.78. The molecule has 0 bridgehead atoms. The van der Waals surface area contributed by atoms with E-state index >= 15 is 0 Å². The third-order valence-corrected chi connectivity index (χ3v) is 2.42. The monoisotopic (exact) mass is 169 g/mol. The second-order valence-corrected chi connectivity index (χ2v) is 3.23. The van der Waals surface area contributed by atoms with Crippen LogP contribution in [0.4, 0.5) is 0 Å². The van der Waals surface area contributed by atoms with Crippen LogP contribution < -0.4 is 10.0 Å². The summed E-state index contributed by atoms with van der Waals surface area (Å²) < 4.78 is 0. The highest BCUT2D eigenvalue weighted by Gasteiger charge is 2.14. The van der Waals surface area contributed by atoms with Crippen LogP contribution in [0.5, 0.6) is 0 Å². The fourth-order valence-electron chi connectivity index (χ4n) is 1.59. The summed E-state index contributed by atoms with van der Waals surface area (Å²) in [6.45, 7) is 5.42. The molecule has 1 N–H and O–H groups in total. The summed E-state index contributed by atoms with van der Waals surface area (Å²) in [5.74, 6) is -1.05. The number of hydrogen-bond donors (Lipinski definition) is 1. The molecule has 0 aromatic carbocycles. The zero-order valence-electron chi connectivity index (χ0n) is 7.43. The number of quaternary nitrogens is 1. The number of piperidine rings is 1.